The molecule has 2 N–H and O–H groups in total. The maximum atomic E-state index is 12.9. The van der Waals surface area contributed by atoms with E-state index < -0.39 is 0 Å². The summed E-state index contributed by atoms with van der Waals surface area (Å²) in [5.41, 5.74) is 3.21. The summed E-state index contributed by atoms with van der Waals surface area (Å²) >= 11 is 0. The fourth-order valence-electron chi connectivity index (χ4n) is 3.12. The maximum absolute atomic E-state index is 12.9. The third-order valence-electron chi connectivity index (χ3n) is 4.47. The summed E-state index contributed by atoms with van der Waals surface area (Å²) < 4.78 is 12.9. The lowest BCUT2D eigenvalue weighted by Gasteiger charge is -2.34. The first kappa shape index (κ1) is 16.5. The Bertz CT molecular complexity index is 694. The van der Waals surface area contributed by atoms with Crippen molar-refractivity contribution < 1.29 is 14.1 Å². The molecule has 1 fully saturated rings. The van der Waals surface area contributed by atoms with E-state index >= 15 is 0 Å². The van der Waals surface area contributed by atoms with Crippen LogP contribution in [0.25, 0.3) is 0 Å². The first-order valence-corrected chi connectivity index (χ1v) is 8.31. The third-order valence-corrected chi connectivity index (χ3v) is 4.47. The van der Waals surface area contributed by atoms with Crippen molar-refractivity contribution in [3.63, 3.8) is 0 Å². The van der Waals surface area contributed by atoms with Crippen LogP contribution >= 0.6 is 0 Å². The summed E-state index contributed by atoms with van der Waals surface area (Å²) in [5, 5.41) is 2.83. The Morgan fingerprint density at radius 2 is 1.79 bits per heavy atom. The number of hydrogen-bond donors (Lipinski definition) is 2. The number of quaternary nitrogens is 1. The van der Waals surface area contributed by atoms with E-state index in [0.29, 0.717) is 12.2 Å². The molecule has 1 saturated heterocycles. The number of benzene rings is 2. The number of carbonyl (C=O) groups is 1. The first-order chi connectivity index (χ1) is 11.6. The number of amides is 1. The molecule has 0 aliphatic carbocycles. The number of halogens is 1. The second-order valence-electron chi connectivity index (χ2n) is 6.26. The van der Waals surface area contributed by atoms with Gasteiger partial charge in [0.25, 0.3) is 5.91 Å². The summed E-state index contributed by atoms with van der Waals surface area (Å²) in [6.07, 6.45) is 0. The first-order valence-electron chi connectivity index (χ1n) is 8.31. The fraction of sp³-hybridized carbons (Fsp3) is 0.316. The molecule has 1 amide bonds. The van der Waals surface area contributed by atoms with Gasteiger partial charge in [0.15, 0.2) is 6.54 Å². The van der Waals surface area contributed by atoms with Crippen LogP contribution in [0.3, 0.4) is 0 Å². The molecule has 2 aromatic rings. The van der Waals surface area contributed by atoms with E-state index in [9.17, 15) is 9.18 Å². The fourth-order valence-corrected chi connectivity index (χ4v) is 3.12. The number of aryl methyl sites for hydroxylation is 1. The number of anilines is 2. The van der Waals surface area contributed by atoms with E-state index in [1.54, 1.807) is 12.1 Å². The molecule has 0 unspecified atom stereocenters. The van der Waals surface area contributed by atoms with Crippen LogP contribution in [0, 0.1) is 12.7 Å². The standard InChI is InChI=1S/C19H22FN3O/c1-15-4-2-3-5-18(15)23-12-10-22(11-13-23)14-19(24)21-17-8-6-16(20)7-9-17/h2-9H,10-14H2,1H3,(H,21,24)/p+1. The predicted octanol–water partition coefficient (Wildman–Crippen LogP) is 1.48. The molecule has 24 heavy (non-hydrogen) atoms. The van der Waals surface area contributed by atoms with Gasteiger partial charge in [-0.15, -0.1) is 0 Å². The molecule has 4 nitrogen and oxygen atoms in total. The minimum absolute atomic E-state index is 0.0269. The second kappa shape index (κ2) is 7.45. The Hall–Kier alpha value is -2.40. The summed E-state index contributed by atoms with van der Waals surface area (Å²) in [6.45, 7) is 6.34. The van der Waals surface area contributed by atoms with Gasteiger partial charge in [-0.05, 0) is 42.8 Å². The zero-order valence-electron chi connectivity index (χ0n) is 13.9. The quantitative estimate of drug-likeness (QED) is 0.892. The molecule has 0 saturated carbocycles. The number of hydrogen-bond acceptors (Lipinski definition) is 2. The Morgan fingerprint density at radius 3 is 2.46 bits per heavy atom. The van der Waals surface area contributed by atoms with Gasteiger partial charge in [0.05, 0.1) is 26.2 Å². The minimum atomic E-state index is -0.300. The molecule has 2 aromatic carbocycles. The Balaban J connectivity index is 1.49. The van der Waals surface area contributed by atoms with Crippen molar-refractivity contribution >= 4 is 17.3 Å². The number of piperazine rings is 1. The highest BCUT2D eigenvalue weighted by atomic mass is 19.1. The van der Waals surface area contributed by atoms with Gasteiger partial charge in [-0.2, -0.15) is 0 Å². The molecule has 1 aliphatic heterocycles. The van der Waals surface area contributed by atoms with E-state index in [-0.39, 0.29) is 11.7 Å². The zero-order valence-corrected chi connectivity index (χ0v) is 13.9. The van der Waals surface area contributed by atoms with Crippen molar-refractivity contribution in [1.82, 2.24) is 0 Å². The van der Waals surface area contributed by atoms with Crippen molar-refractivity contribution in [2.24, 2.45) is 0 Å². The van der Waals surface area contributed by atoms with Crippen LogP contribution in [0.2, 0.25) is 0 Å². The van der Waals surface area contributed by atoms with Crippen LogP contribution in [0.4, 0.5) is 15.8 Å². The average Bonchev–Trinajstić information content (AvgIpc) is 2.58. The van der Waals surface area contributed by atoms with Crippen LogP contribution in [0.15, 0.2) is 48.5 Å². The normalized spacial score (nSPS) is 15.3. The number of para-hydroxylation sites is 1. The summed E-state index contributed by atoms with van der Waals surface area (Å²) in [7, 11) is 0. The molecule has 0 atom stereocenters. The smallest absolute Gasteiger partial charge is 0.279 e. The lowest BCUT2D eigenvalue weighted by molar-refractivity contribution is -0.892. The second-order valence-corrected chi connectivity index (χ2v) is 6.26. The van der Waals surface area contributed by atoms with Crippen LogP contribution < -0.4 is 15.1 Å². The average molecular weight is 328 g/mol. The summed E-state index contributed by atoms with van der Waals surface area (Å²) in [6, 6.07) is 14.3. The number of nitrogens with one attached hydrogen (secondary N) is 2. The van der Waals surface area contributed by atoms with Crippen molar-refractivity contribution in [2.75, 3.05) is 42.9 Å². The number of rotatable bonds is 4. The SMILES string of the molecule is Cc1ccccc1N1CC[NH+](CC(=O)Nc2ccc(F)cc2)CC1. The van der Waals surface area contributed by atoms with E-state index in [1.165, 1.54) is 28.3 Å². The topological polar surface area (TPSA) is 36.8 Å². The molecule has 0 aromatic heterocycles. The molecule has 3 rings (SSSR count). The van der Waals surface area contributed by atoms with Gasteiger partial charge < -0.3 is 15.1 Å². The Labute approximate surface area is 141 Å². The highest BCUT2D eigenvalue weighted by Gasteiger charge is 2.23. The van der Waals surface area contributed by atoms with Crippen LogP contribution in [0.5, 0.6) is 0 Å². The van der Waals surface area contributed by atoms with Crippen molar-refractivity contribution in [2.45, 2.75) is 6.92 Å². The molecular formula is C19H23FN3O+. The van der Waals surface area contributed by atoms with E-state index in [0.717, 1.165) is 26.2 Å². The summed E-state index contributed by atoms with van der Waals surface area (Å²) in [4.78, 5) is 15.8. The molecule has 0 spiro atoms. The zero-order chi connectivity index (χ0) is 16.9. The van der Waals surface area contributed by atoms with Crippen LogP contribution in [0.1, 0.15) is 5.56 Å². The lowest BCUT2D eigenvalue weighted by atomic mass is 10.1. The van der Waals surface area contributed by atoms with Crippen molar-refractivity contribution in [1.29, 1.82) is 0 Å². The van der Waals surface area contributed by atoms with Crippen LogP contribution in [-0.4, -0.2) is 38.6 Å². The summed E-state index contributed by atoms with van der Waals surface area (Å²) in [5.74, 6) is -0.327. The number of nitrogens with zero attached hydrogens (tertiary/aromatic N) is 1. The van der Waals surface area contributed by atoms with Gasteiger partial charge in [-0.1, -0.05) is 18.2 Å². The molecule has 0 bridgehead atoms. The van der Waals surface area contributed by atoms with Gasteiger partial charge in [0, 0.05) is 11.4 Å². The molecule has 126 valence electrons. The van der Waals surface area contributed by atoms with E-state index in [2.05, 4.69) is 41.4 Å². The van der Waals surface area contributed by atoms with Gasteiger partial charge in [0.2, 0.25) is 0 Å². The minimum Gasteiger partial charge on any atom is -0.360 e. The monoisotopic (exact) mass is 328 g/mol. The van der Waals surface area contributed by atoms with Crippen molar-refractivity contribution in [3.05, 3.63) is 59.9 Å². The van der Waals surface area contributed by atoms with Crippen LogP contribution in [-0.2, 0) is 4.79 Å². The highest BCUT2D eigenvalue weighted by Crippen LogP contribution is 2.18. The highest BCUT2D eigenvalue weighted by molar-refractivity contribution is 5.91. The van der Waals surface area contributed by atoms with Gasteiger partial charge in [-0.25, -0.2) is 4.39 Å². The predicted molar refractivity (Wildman–Crippen MR) is 94.0 cm³/mol. The maximum Gasteiger partial charge on any atom is 0.279 e. The van der Waals surface area contributed by atoms with E-state index in [1.807, 2.05) is 0 Å². The van der Waals surface area contributed by atoms with Gasteiger partial charge in [-0.3, -0.25) is 4.79 Å². The molecule has 1 heterocycles. The number of carbonyl (C=O) groups excluding carboxylic acids is 1. The largest absolute Gasteiger partial charge is 0.360 e. The molecule has 5 heteroatoms. The Morgan fingerprint density at radius 1 is 1.12 bits per heavy atom. The third kappa shape index (κ3) is 4.11. The van der Waals surface area contributed by atoms with E-state index in [4.69, 9.17) is 0 Å². The lowest BCUT2D eigenvalue weighted by Crippen LogP contribution is -3.15. The van der Waals surface area contributed by atoms with Crippen molar-refractivity contribution in [3.8, 4) is 0 Å². The Kier molecular flexibility index (Phi) is 5.11. The molecule has 0 radical (unpaired) electrons. The molecule has 1 aliphatic rings. The molecular weight excluding hydrogens is 305 g/mol. The van der Waals surface area contributed by atoms with Gasteiger partial charge >= 0.3 is 0 Å². The van der Waals surface area contributed by atoms with Gasteiger partial charge in [0.1, 0.15) is 5.82 Å².